The molecule has 2 saturated carbocycles. The van der Waals surface area contributed by atoms with Crippen molar-refractivity contribution in [3.8, 4) is 0 Å². The lowest BCUT2D eigenvalue weighted by atomic mass is 9.81. The Morgan fingerprint density at radius 3 is 2.21 bits per heavy atom. The van der Waals surface area contributed by atoms with Gasteiger partial charge in [0.05, 0.1) is 17.4 Å². The van der Waals surface area contributed by atoms with Crippen molar-refractivity contribution in [2.24, 2.45) is 23.7 Å². The van der Waals surface area contributed by atoms with E-state index in [1.54, 1.807) is 11.4 Å². The maximum atomic E-state index is 12.8. The van der Waals surface area contributed by atoms with Gasteiger partial charge in [-0.05, 0) is 51.5 Å². The molecule has 0 aromatic carbocycles. The van der Waals surface area contributed by atoms with Gasteiger partial charge in [-0.2, -0.15) is 5.01 Å². The number of fused-ring (bicyclic) bond motifs is 5. The Morgan fingerprint density at radius 2 is 1.75 bits per heavy atom. The van der Waals surface area contributed by atoms with Gasteiger partial charge in [0, 0.05) is 10.3 Å². The summed E-state index contributed by atoms with van der Waals surface area (Å²) in [6, 6.07) is 1.76. The summed E-state index contributed by atoms with van der Waals surface area (Å²) in [4.78, 5) is 38.9. The molecule has 3 aliphatic rings. The van der Waals surface area contributed by atoms with E-state index >= 15 is 0 Å². The van der Waals surface area contributed by atoms with Crippen LogP contribution < -0.4 is 5.43 Å². The van der Waals surface area contributed by atoms with Gasteiger partial charge in [0.1, 0.15) is 0 Å². The van der Waals surface area contributed by atoms with E-state index < -0.39 is 5.91 Å². The molecule has 2 heterocycles. The van der Waals surface area contributed by atoms with Crippen LogP contribution in [0.15, 0.2) is 22.6 Å². The number of aryl methyl sites for hydroxylation is 1. The van der Waals surface area contributed by atoms with Crippen LogP contribution in [-0.4, -0.2) is 22.7 Å². The first-order valence-electron chi connectivity index (χ1n) is 8.31. The SMILES string of the molecule is CC(C)=C1[C@@H]2CC[C@@H]1[C@@H]1C(=O)N(NC(=O)c3csc(C)c3)C(=O)[C@H]12. The van der Waals surface area contributed by atoms with Crippen molar-refractivity contribution in [3.05, 3.63) is 33.0 Å². The predicted molar refractivity (Wildman–Crippen MR) is 89.9 cm³/mol. The quantitative estimate of drug-likeness (QED) is 0.662. The highest BCUT2D eigenvalue weighted by molar-refractivity contribution is 7.10. The highest BCUT2D eigenvalue weighted by Crippen LogP contribution is 2.59. The summed E-state index contributed by atoms with van der Waals surface area (Å²) in [5.74, 6) is -1.10. The monoisotopic (exact) mass is 344 g/mol. The Hall–Kier alpha value is -1.95. The van der Waals surface area contributed by atoms with E-state index in [9.17, 15) is 14.4 Å². The zero-order chi connectivity index (χ0) is 17.2. The maximum Gasteiger partial charge on any atom is 0.271 e. The Labute approximate surface area is 144 Å². The second kappa shape index (κ2) is 5.28. The standard InChI is InChI=1S/C18H20N2O3S/c1-8(2)13-11-4-5-12(13)15-14(11)17(22)20(18(15)23)19-16(21)10-6-9(3)24-7-10/h6-7,11-12,14-15H,4-5H2,1-3H3,(H,19,21)/t11-,12-,14-,15-/m0/s1. The molecule has 5 nitrogen and oxygen atoms in total. The van der Waals surface area contributed by atoms with Gasteiger partial charge in [-0.25, -0.2) is 0 Å². The van der Waals surface area contributed by atoms with E-state index in [0.717, 1.165) is 22.7 Å². The Morgan fingerprint density at radius 1 is 1.17 bits per heavy atom. The van der Waals surface area contributed by atoms with Crippen molar-refractivity contribution < 1.29 is 14.4 Å². The average Bonchev–Trinajstić information content (AvgIpc) is 3.26. The molecule has 3 amide bonds. The summed E-state index contributed by atoms with van der Waals surface area (Å²) in [7, 11) is 0. The van der Waals surface area contributed by atoms with Crippen molar-refractivity contribution in [3.63, 3.8) is 0 Å². The number of imide groups is 1. The van der Waals surface area contributed by atoms with Gasteiger partial charge in [0.25, 0.3) is 17.7 Å². The number of allylic oxidation sites excluding steroid dienone is 2. The number of nitrogens with zero attached hydrogens (tertiary/aromatic N) is 1. The number of hydrogen-bond donors (Lipinski definition) is 1. The number of hydrazine groups is 1. The van der Waals surface area contributed by atoms with Crippen LogP contribution >= 0.6 is 11.3 Å². The normalized spacial score (nSPS) is 31.0. The molecule has 1 N–H and O–H groups in total. The van der Waals surface area contributed by atoms with Gasteiger partial charge < -0.3 is 0 Å². The number of amides is 3. The lowest BCUT2D eigenvalue weighted by Crippen LogP contribution is -2.47. The Kier molecular flexibility index (Phi) is 3.42. The summed E-state index contributed by atoms with van der Waals surface area (Å²) in [5.41, 5.74) is 5.57. The molecule has 0 radical (unpaired) electrons. The molecule has 3 fully saturated rings. The molecule has 4 rings (SSSR count). The fourth-order valence-corrected chi connectivity index (χ4v) is 5.51. The van der Waals surface area contributed by atoms with E-state index in [4.69, 9.17) is 0 Å². The zero-order valence-corrected chi connectivity index (χ0v) is 14.8. The first-order valence-corrected chi connectivity index (χ1v) is 9.19. The minimum atomic E-state index is -0.393. The van der Waals surface area contributed by atoms with Gasteiger partial charge in [-0.1, -0.05) is 11.1 Å². The van der Waals surface area contributed by atoms with Crippen LogP contribution in [0.4, 0.5) is 0 Å². The number of carbonyl (C=O) groups is 3. The van der Waals surface area contributed by atoms with E-state index in [2.05, 4.69) is 19.3 Å². The van der Waals surface area contributed by atoms with Crippen molar-refractivity contribution in [2.75, 3.05) is 0 Å². The van der Waals surface area contributed by atoms with Crippen LogP contribution in [0.2, 0.25) is 0 Å². The number of rotatable bonds is 2. The third-order valence-electron chi connectivity index (χ3n) is 5.64. The van der Waals surface area contributed by atoms with Crippen molar-refractivity contribution in [2.45, 2.75) is 33.6 Å². The van der Waals surface area contributed by atoms with Gasteiger partial charge in [-0.15, -0.1) is 11.3 Å². The molecule has 126 valence electrons. The van der Waals surface area contributed by atoms with Gasteiger partial charge in [0.15, 0.2) is 0 Å². The predicted octanol–water partition coefficient (Wildman–Crippen LogP) is 2.68. The first-order chi connectivity index (χ1) is 11.4. The van der Waals surface area contributed by atoms with Crippen LogP contribution in [0.25, 0.3) is 0 Å². The summed E-state index contributed by atoms with van der Waals surface area (Å²) < 4.78 is 0. The smallest absolute Gasteiger partial charge is 0.271 e. The molecule has 2 aliphatic carbocycles. The molecule has 2 bridgehead atoms. The third-order valence-corrected chi connectivity index (χ3v) is 6.50. The summed E-state index contributed by atoms with van der Waals surface area (Å²) in [6.07, 6.45) is 1.94. The second-order valence-corrected chi connectivity index (χ2v) is 8.31. The lowest BCUT2D eigenvalue weighted by molar-refractivity contribution is -0.143. The minimum Gasteiger partial charge on any atom is -0.272 e. The van der Waals surface area contributed by atoms with Crippen LogP contribution in [0.3, 0.4) is 0 Å². The summed E-state index contributed by atoms with van der Waals surface area (Å²) >= 11 is 1.47. The largest absolute Gasteiger partial charge is 0.272 e. The molecule has 1 aromatic rings. The van der Waals surface area contributed by atoms with Crippen molar-refractivity contribution >= 4 is 29.1 Å². The molecule has 24 heavy (non-hydrogen) atoms. The highest BCUT2D eigenvalue weighted by Gasteiger charge is 2.63. The van der Waals surface area contributed by atoms with Gasteiger partial charge in [0.2, 0.25) is 0 Å². The summed E-state index contributed by atoms with van der Waals surface area (Å²) in [6.45, 7) is 6.04. The molecule has 1 saturated heterocycles. The van der Waals surface area contributed by atoms with E-state index in [-0.39, 0.29) is 35.5 Å². The van der Waals surface area contributed by atoms with Crippen molar-refractivity contribution in [1.29, 1.82) is 0 Å². The fraction of sp³-hybridized carbons (Fsp3) is 0.500. The third kappa shape index (κ3) is 2.02. The molecule has 0 spiro atoms. The number of carbonyl (C=O) groups excluding carboxylic acids is 3. The highest BCUT2D eigenvalue weighted by atomic mass is 32.1. The van der Waals surface area contributed by atoms with Crippen molar-refractivity contribution in [1.82, 2.24) is 10.4 Å². The Bertz CT molecular complexity index is 758. The van der Waals surface area contributed by atoms with E-state index in [1.165, 1.54) is 22.5 Å². The molecule has 0 unspecified atom stereocenters. The lowest BCUT2D eigenvalue weighted by Gasteiger charge is -2.19. The van der Waals surface area contributed by atoms with Crippen LogP contribution in [-0.2, 0) is 9.59 Å². The average molecular weight is 344 g/mol. The Balaban J connectivity index is 1.59. The zero-order valence-electron chi connectivity index (χ0n) is 14.0. The van der Waals surface area contributed by atoms with Crippen LogP contribution in [0, 0.1) is 30.6 Å². The number of hydrogen-bond acceptors (Lipinski definition) is 4. The van der Waals surface area contributed by atoms with Gasteiger partial charge >= 0.3 is 0 Å². The number of thiophene rings is 1. The van der Waals surface area contributed by atoms with Crippen LogP contribution in [0.5, 0.6) is 0 Å². The van der Waals surface area contributed by atoms with Crippen LogP contribution in [0.1, 0.15) is 41.9 Å². The molecular weight excluding hydrogens is 324 g/mol. The molecule has 6 heteroatoms. The molecule has 1 aliphatic heterocycles. The molecule has 1 aromatic heterocycles. The fourth-order valence-electron chi connectivity index (χ4n) is 4.83. The van der Waals surface area contributed by atoms with Gasteiger partial charge in [-0.3, -0.25) is 19.8 Å². The number of nitrogens with one attached hydrogen (secondary N) is 1. The second-order valence-electron chi connectivity index (χ2n) is 7.20. The molecule has 4 atom stereocenters. The molecular formula is C18H20N2O3S. The first kappa shape index (κ1) is 15.6. The maximum absolute atomic E-state index is 12.8. The van der Waals surface area contributed by atoms with E-state index in [1.807, 2.05) is 6.92 Å². The summed E-state index contributed by atoms with van der Waals surface area (Å²) in [5, 5.41) is 2.72. The minimum absolute atomic E-state index is 0.173. The topological polar surface area (TPSA) is 66.5 Å². The van der Waals surface area contributed by atoms with E-state index in [0.29, 0.717) is 5.56 Å².